The van der Waals surface area contributed by atoms with Crippen LogP contribution in [0.4, 0.5) is 4.39 Å². The van der Waals surface area contributed by atoms with Gasteiger partial charge in [0.25, 0.3) is 0 Å². The Morgan fingerprint density at radius 2 is 1.90 bits per heavy atom. The van der Waals surface area contributed by atoms with Gasteiger partial charge in [-0.1, -0.05) is 31.2 Å². The minimum Gasteiger partial charge on any atom is -0.496 e. The van der Waals surface area contributed by atoms with Gasteiger partial charge in [-0.3, -0.25) is 0 Å². The molecular weight excluding hydrogens is 323 g/mol. The van der Waals surface area contributed by atoms with Gasteiger partial charge in [0, 0.05) is 11.6 Å². The molecule has 2 rings (SSSR count). The van der Waals surface area contributed by atoms with E-state index in [9.17, 15) is 9.50 Å². The van der Waals surface area contributed by atoms with Crippen molar-refractivity contribution >= 4 is 15.9 Å². The van der Waals surface area contributed by atoms with Crippen LogP contribution >= 0.6 is 15.9 Å². The van der Waals surface area contributed by atoms with Crippen LogP contribution in [0.5, 0.6) is 5.75 Å². The van der Waals surface area contributed by atoms with E-state index in [1.807, 2.05) is 24.3 Å². The Morgan fingerprint density at radius 1 is 1.25 bits per heavy atom. The molecule has 0 aliphatic carbocycles. The maximum atomic E-state index is 13.5. The van der Waals surface area contributed by atoms with Crippen molar-refractivity contribution < 1.29 is 14.2 Å². The van der Waals surface area contributed by atoms with Crippen molar-refractivity contribution in [2.45, 2.75) is 19.4 Å². The van der Waals surface area contributed by atoms with Crippen molar-refractivity contribution in [2.75, 3.05) is 7.11 Å². The normalized spacial score (nSPS) is 12.2. The summed E-state index contributed by atoms with van der Waals surface area (Å²) in [5.41, 5.74) is 2.48. The van der Waals surface area contributed by atoms with Gasteiger partial charge in [0.1, 0.15) is 17.7 Å². The summed E-state index contributed by atoms with van der Waals surface area (Å²) in [5, 5.41) is 10.5. The van der Waals surface area contributed by atoms with Gasteiger partial charge in [0.05, 0.1) is 11.6 Å². The highest BCUT2D eigenvalue weighted by molar-refractivity contribution is 9.10. The highest BCUT2D eigenvalue weighted by atomic mass is 79.9. The third-order valence-corrected chi connectivity index (χ3v) is 3.88. The number of methoxy groups -OCH3 is 1. The first-order valence-electron chi connectivity index (χ1n) is 6.36. The highest BCUT2D eigenvalue weighted by Gasteiger charge is 2.18. The predicted octanol–water partition coefficient (Wildman–Crippen LogP) is 4.24. The van der Waals surface area contributed by atoms with Gasteiger partial charge in [-0.05, 0) is 39.5 Å². The van der Waals surface area contributed by atoms with E-state index in [1.54, 1.807) is 6.07 Å². The van der Waals surface area contributed by atoms with Crippen LogP contribution in [0.15, 0.2) is 40.9 Å². The van der Waals surface area contributed by atoms with Gasteiger partial charge in [-0.15, -0.1) is 0 Å². The molecule has 0 spiro atoms. The van der Waals surface area contributed by atoms with Crippen LogP contribution in [0, 0.1) is 5.82 Å². The molecule has 4 heteroatoms. The number of ether oxygens (including phenoxy) is 1. The Labute approximate surface area is 126 Å². The van der Waals surface area contributed by atoms with E-state index < -0.39 is 11.9 Å². The van der Waals surface area contributed by atoms with Gasteiger partial charge in [-0.2, -0.15) is 0 Å². The Bertz CT molecular complexity index is 596. The van der Waals surface area contributed by atoms with Crippen molar-refractivity contribution in [2.24, 2.45) is 0 Å². The second-order valence-corrected chi connectivity index (χ2v) is 5.36. The van der Waals surface area contributed by atoms with Gasteiger partial charge < -0.3 is 9.84 Å². The second-order valence-electron chi connectivity index (χ2n) is 4.51. The number of aryl methyl sites for hydroxylation is 1. The maximum absolute atomic E-state index is 13.5. The lowest BCUT2D eigenvalue weighted by Gasteiger charge is -2.16. The van der Waals surface area contributed by atoms with Gasteiger partial charge >= 0.3 is 0 Å². The molecule has 0 aliphatic heterocycles. The molecule has 1 N–H and O–H groups in total. The van der Waals surface area contributed by atoms with Gasteiger partial charge in [-0.25, -0.2) is 4.39 Å². The Kier molecular flexibility index (Phi) is 4.78. The predicted molar refractivity (Wildman–Crippen MR) is 80.5 cm³/mol. The summed E-state index contributed by atoms with van der Waals surface area (Å²) in [4.78, 5) is 0. The summed E-state index contributed by atoms with van der Waals surface area (Å²) in [5.74, 6) is -0.0862. The average molecular weight is 339 g/mol. The molecule has 2 aromatic rings. The number of aliphatic hydroxyl groups excluding tert-OH is 1. The summed E-state index contributed by atoms with van der Waals surface area (Å²) >= 11 is 3.13. The third kappa shape index (κ3) is 3.02. The third-order valence-electron chi connectivity index (χ3n) is 3.27. The Hall–Kier alpha value is -1.39. The SMILES string of the molecule is CCc1ccc(C(O)c2cc(Br)c(F)cc2OC)cc1. The van der Waals surface area contributed by atoms with Crippen LogP contribution in [0.2, 0.25) is 0 Å². The minimum absolute atomic E-state index is 0.303. The molecule has 0 amide bonds. The summed E-state index contributed by atoms with van der Waals surface area (Å²) in [6, 6.07) is 10.5. The minimum atomic E-state index is -0.854. The van der Waals surface area contributed by atoms with E-state index >= 15 is 0 Å². The fourth-order valence-electron chi connectivity index (χ4n) is 2.05. The summed E-state index contributed by atoms with van der Waals surface area (Å²) in [7, 11) is 1.46. The molecule has 0 aromatic heterocycles. The molecule has 20 heavy (non-hydrogen) atoms. The molecule has 0 fully saturated rings. The molecule has 0 bridgehead atoms. The number of rotatable bonds is 4. The molecule has 1 atom stereocenters. The lowest BCUT2D eigenvalue weighted by atomic mass is 9.99. The zero-order valence-corrected chi connectivity index (χ0v) is 12.9. The van der Waals surface area contributed by atoms with E-state index in [0.29, 0.717) is 15.8 Å². The van der Waals surface area contributed by atoms with Crippen LogP contribution in [0.1, 0.15) is 29.7 Å². The van der Waals surface area contributed by atoms with Crippen LogP contribution in [-0.2, 0) is 6.42 Å². The Balaban J connectivity index is 2.41. The summed E-state index contributed by atoms with van der Waals surface area (Å²) < 4.78 is 19.0. The largest absolute Gasteiger partial charge is 0.496 e. The van der Waals surface area contributed by atoms with Crippen molar-refractivity contribution in [1.82, 2.24) is 0 Å². The summed E-state index contributed by atoms with van der Waals surface area (Å²) in [6.07, 6.45) is 0.0923. The Morgan fingerprint density at radius 3 is 2.45 bits per heavy atom. The van der Waals surface area contributed by atoms with E-state index in [0.717, 1.165) is 12.0 Å². The lowest BCUT2D eigenvalue weighted by Crippen LogP contribution is -2.03. The molecule has 0 radical (unpaired) electrons. The molecule has 0 aliphatic rings. The molecule has 0 saturated heterocycles. The van der Waals surface area contributed by atoms with Crippen molar-refractivity contribution in [3.63, 3.8) is 0 Å². The number of halogens is 2. The molecule has 2 aromatic carbocycles. The first-order chi connectivity index (χ1) is 9.56. The fraction of sp³-hybridized carbons (Fsp3) is 0.250. The monoisotopic (exact) mass is 338 g/mol. The van der Waals surface area contributed by atoms with E-state index in [1.165, 1.54) is 18.7 Å². The van der Waals surface area contributed by atoms with Crippen molar-refractivity contribution in [3.8, 4) is 5.75 Å². The lowest BCUT2D eigenvalue weighted by molar-refractivity contribution is 0.214. The number of benzene rings is 2. The first kappa shape index (κ1) is 15.0. The van der Waals surface area contributed by atoms with Crippen molar-refractivity contribution in [1.29, 1.82) is 0 Å². The average Bonchev–Trinajstić information content (AvgIpc) is 2.49. The van der Waals surface area contributed by atoms with E-state index in [4.69, 9.17) is 4.74 Å². The zero-order chi connectivity index (χ0) is 14.7. The molecule has 0 saturated carbocycles. The molecule has 106 valence electrons. The number of aliphatic hydroxyl groups is 1. The quantitative estimate of drug-likeness (QED) is 0.903. The van der Waals surface area contributed by atoms with Crippen LogP contribution in [0.3, 0.4) is 0 Å². The number of hydrogen-bond acceptors (Lipinski definition) is 2. The van der Waals surface area contributed by atoms with E-state index in [-0.39, 0.29) is 0 Å². The smallest absolute Gasteiger partial charge is 0.141 e. The first-order valence-corrected chi connectivity index (χ1v) is 7.16. The number of hydrogen-bond donors (Lipinski definition) is 1. The van der Waals surface area contributed by atoms with Gasteiger partial charge in [0.15, 0.2) is 0 Å². The van der Waals surface area contributed by atoms with E-state index in [2.05, 4.69) is 22.9 Å². The van der Waals surface area contributed by atoms with Crippen molar-refractivity contribution in [3.05, 3.63) is 63.4 Å². The van der Waals surface area contributed by atoms with Crippen LogP contribution in [-0.4, -0.2) is 12.2 Å². The van der Waals surface area contributed by atoms with Crippen LogP contribution in [0.25, 0.3) is 0 Å². The van der Waals surface area contributed by atoms with Crippen LogP contribution < -0.4 is 4.74 Å². The molecule has 1 unspecified atom stereocenters. The fourth-order valence-corrected chi connectivity index (χ4v) is 2.41. The zero-order valence-electron chi connectivity index (χ0n) is 11.4. The molecule has 2 nitrogen and oxygen atoms in total. The molecular formula is C16H16BrFO2. The highest BCUT2D eigenvalue weighted by Crippen LogP contribution is 2.34. The maximum Gasteiger partial charge on any atom is 0.141 e. The molecule has 0 heterocycles. The second kappa shape index (κ2) is 6.37. The summed E-state index contributed by atoms with van der Waals surface area (Å²) in [6.45, 7) is 2.07. The van der Waals surface area contributed by atoms with Gasteiger partial charge in [0.2, 0.25) is 0 Å². The topological polar surface area (TPSA) is 29.5 Å². The standard InChI is InChI=1S/C16H16BrFO2/c1-3-10-4-6-11(7-5-10)16(19)12-8-13(17)14(18)9-15(12)20-2/h4-9,16,19H,3H2,1-2H3.